The Morgan fingerprint density at radius 3 is 2.45 bits per heavy atom. The highest BCUT2D eigenvalue weighted by molar-refractivity contribution is 7.89. The second-order valence-corrected chi connectivity index (χ2v) is 9.89. The predicted octanol–water partition coefficient (Wildman–Crippen LogP) is 4.54. The van der Waals surface area contributed by atoms with Crippen molar-refractivity contribution < 1.29 is 13.2 Å². The lowest BCUT2D eigenvalue weighted by Gasteiger charge is -2.22. The van der Waals surface area contributed by atoms with E-state index in [1.165, 1.54) is 17.5 Å². The quantitative estimate of drug-likeness (QED) is 0.598. The van der Waals surface area contributed by atoms with Gasteiger partial charge in [0.25, 0.3) is 5.91 Å². The molecular formula is C25H26N2O3S. The van der Waals surface area contributed by atoms with E-state index in [0.717, 1.165) is 24.1 Å². The van der Waals surface area contributed by atoms with Gasteiger partial charge in [0, 0.05) is 17.8 Å². The summed E-state index contributed by atoms with van der Waals surface area (Å²) in [5.74, 6) is 0.532. The van der Waals surface area contributed by atoms with Gasteiger partial charge in [0.05, 0.1) is 4.90 Å². The summed E-state index contributed by atoms with van der Waals surface area (Å²) in [6, 6.07) is 21.3. The van der Waals surface area contributed by atoms with Gasteiger partial charge in [-0.2, -0.15) is 0 Å². The minimum atomic E-state index is -3.57. The molecule has 3 aromatic carbocycles. The molecule has 0 saturated heterocycles. The van der Waals surface area contributed by atoms with E-state index in [-0.39, 0.29) is 17.3 Å². The highest BCUT2D eigenvalue weighted by Gasteiger charge is 2.16. The van der Waals surface area contributed by atoms with E-state index < -0.39 is 10.0 Å². The standard InChI is InChI=1S/C25H26N2O3S/c1-18-7-10-22-16-23(14-13-21(22)15-18)27-25(28)20-11-8-19(9-12-20)17-26-31(29,30)24-5-3-2-4-6-24/h2-6,8-9,11-14,16,18,26H,7,10,15,17H2,1H3,(H,27,28). The molecule has 0 bridgehead atoms. The van der Waals surface area contributed by atoms with E-state index in [4.69, 9.17) is 0 Å². The van der Waals surface area contributed by atoms with Crippen LogP contribution in [0.3, 0.4) is 0 Å². The second-order valence-electron chi connectivity index (χ2n) is 8.12. The monoisotopic (exact) mass is 434 g/mol. The normalized spacial score (nSPS) is 15.8. The van der Waals surface area contributed by atoms with Gasteiger partial charge in [0.2, 0.25) is 10.0 Å². The van der Waals surface area contributed by atoms with Crippen molar-refractivity contribution >= 4 is 21.6 Å². The molecule has 4 rings (SSSR count). The van der Waals surface area contributed by atoms with Crippen LogP contribution in [0.5, 0.6) is 0 Å². The lowest BCUT2D eigenvalue weighted by Crippen LogP contribution is -2.23. The number of anilines is 1. The van der Waals surface area contributed by atoms with Crippen LogP contribution in [0.4, 0.5) is 5.69 Å². The molecule has 0 fully saturated rings. The van der Waals surface area contributed by atoms with Crippen molar-refractivity contribution in [3.63, 3.8) is 0 Å². The van der Waals surface area contributed by atoms with Crippen LogP contribution >= 0.6 is 0 Å². The molecule has 160 valence electrons. The van der Waals surface area contributed by atoms with Crippen LogP contribution in [0.1, 0.15) is 40.4 Å². The molecule has 0 radical (unpaired) electrons. The van der Waals surface area contributed by atoms with Crippen molar-refractivity contribution in [2.24, 2.45) is 5.92 Å². The third kappa shape index (κ3) is 5.21. The molecule has 0 saturated carbocycles. The zero-order valence-electron chi connectivity index (χ0n) is 17.5. The van der Waals surface area contributed by atoms with Crippen molar-refractivity contribution in [3.8, 4) is 0 Å². The maximum atomic E-state index is 12.6. The predicted molar refractivity (Wildman–Crippen MR) is 122 cm³/mol. The van der Waals surface area contributed by atoms with E-state index in [1.54, 1.807) is 54.6 Å². The second kappa shape index (κ2) is 9.04. The molecule has 6 heteroatoms. The number of hydrogen-bond acceptors (Lipinski definition) is 3. The molecule has 31 heavy (non-hydrogen) atoms. The van der Waals surface area contributed by atoms with E-state index in [1.807, 2.05) is 6.07 Å². The Morgan fingerprint density at radius 1 is 0.968 bits per heavy atom. The summed E-state index contributed by atoms with van der Waals surface area (Å²) in [5, 5.41) is 2.97. The number of carbonyl (C=O) groups is 1. The summed E-state index contributed by atoms with van der Waals surface area (Å²) in [4.78, 5) is 12.9. The van der Waals surface area contributed by atoms with Gasteiger partial charge >= 0.3 is 0 Å². The van der Waals surface area contributed by atoms with E-state index in [2.05, 4.69) is 29.1 Å². The van der Waals surface area contributed by atoms with Gasteiger partial charge in [0.15, 0.2) is 0 Å². The number of benzene rings is 3. The number of sulfonamides is 1. The molecular weight excluding hydrogens is 408 g/mol. The molecule has 1 unspecified atom stereocenters. The van der Waals surface area contributed by atoms with Crippen LogP contribution < -0.4 is 10.0 Å². The largest absolute Gasteiger partial charge is 0.322 e. The minimum absolute atomic E-state index is 0.155. The number of aryl methyl sites for hydroxylation is 1. The zero-order chi connectivity index (χ0) is 21.8. The average Bonchev–Trinajstić information content (AvgIpc) is 2.79. The molecule has 3 aromatic rings. The maximum absolute atomic E-state index is 12.6. The summed E-state index contributed by atoms with van der Waals surface area (Å²) in [7, 11) is -3.57. The first kappa shape index (κ1) is 21.3. The Labute approximate surface area is 183 Å². The van der Waals surface area contributed by atoms with E-state index in [0.29, 0.717) is 11.5 Å². The SMILES string of the molecule is CC1CCc2cc(NC(=O)c3ccc(CNS(=O)(=O)c4ccccc4)cc3)ccc2C1. The van der Waals surface area contributed by atoms with Gasteiger partial charge in [-0.1, -0.05) is 43.3 Å². The van der Waals surface area contributed by atoms with Gasteiger partial charge in [-0.3, -0.25) is 4.79 Å². The van der Waals surface area contributed by atoms with Crippen LogP contribution in [0, 0.1) is 5.92 Å². The highest BCUT2D eigenvalue weighted by Crippen LogP contribution is 2.27. The Kier molecular flexibility index (Phi) is 6.20. The first-order valence-electron chi connectivity index (χ1n) is 10.5. The third-order valence-corrected chi connectivity index (χ3v) is 7.09. The van der Waals surface area contributed by atoms with Gasteiger partial charge in [-0.15, -0.1) is 0 Å². The summed E-state index contributed by atoms with van der Waals surface area (Å²) in [6.45, 7) is 2.43. The first-order valence-corrected chi connectivity index (χ1v) is 12.0. The van der Waals surface area contributed by atoms with E-state index >= 15 is 0 Å². The van der Waals surface area contributed by atoms with Gasteiger partial charge in [0.1, 0.15) is 0 Å². The fourth-order valence-corrected chi connectivity index (χ4v) is 4.89. The van der Waals surface area contributed by atoms with Crippen molar-refractivity contribution in [2.75, 3.05) is 5.32 Å². The summed E-state index contributed by atoms with van der Waals surface area (Å²) in [5.41, 5.74) is 4.80. The average molecular weight is 435 g/mol. The first-order chi connectivity index (χ1) is 14.9. The fourth-order valence-electron chi connectivity index (χ4n) is 3.85. The molecule has 5 nitrogen and oxygen atoms in total. The van der Waals surface area contributed by atoms with Gasteiger partial charge in [-0.05, 0) is 78.3 Å². The maximum Gasteiger partial charge on any atom is 0.255 e. The molecule has 0 aliphatic heterocycles. The van der Waals surface area contributed by atoms with Crippen molar-refractivity contribution in [3.05, 3.63) is 95.1 Å². The number of hydrogen-bond donors (Lipinski definition) is 2. The molecule has 0 aromatic heterocycles. The van der Waals surface area contributed by atoms with Crippen LogP contribution in [0.2, 0.25) is 0 Å². The number of nitrogens with one attached hydrogen (secondary N) is 2. The van der Waals surface area contributed by atoms with Crippen molar-refractivity contribution in [1.29, 1.82) is 0 Å². The Balaban J connectivity index is 1.37. The summed E-state index contributed by atoms with van der Waals surface area (Å²) < 4.78 is 27.2. The lowest BCUT2D eigenvalue weighted by atomic mass is 9.85. The molecule has 0 heterocycles. The number of amides is 1. The van der Waals surface area contributed by atoms with Gasteiger partial charge in [-0.25, -0.2) is 13.1 Å². The molecule has 1 aliphatic rings. The Hall–Kier alpha value is -2.96. The number of rotatable bonds is 6. The lowest BCUT2D eigenvalue weighted by molar-refractivity contribution is 0.102. The zero-order valence-corrected chi connectivity index (χ0v) is 18.3. The Bertz CT molecular complexity index is 1170. The van der Waals surface area contributed by atoms with Crippen molar-refractivity contribution in [1.82, 2.24) is 4.72 Å². The summed E-state index contributed by atoms with van der Waals surface area (Å²) >= 11 is 0. The fraction of sp³-hybridized carbons (Fsp3) is 0.240. The third-order valence-electron chi connectivity index (χ3n) is 5.67. The van der Waals surface area contributed by atoms with Crippen LogP contribution in [-0.4, -0.2) is 14.3 Å². The topological polar surface area (TPSA) is 75.3 Å². The van der Waals surface area contributed by atoms with Gasteiger partial charge < -0.3 is 5.32 Å². The Morgan fingerprint density at radius 2 is 1.71 bits per heavy atom. The number of carbonyl (C=O) groups excluding carboxylic acids is 1. The molecule has 0 spiro atoms. The molecule has 1 atom stereocenters. The van der Waals surface area contributed by atoms with Crippen LogP contribution in [0.25, 0.3) is 0 Å². The van der Waals surface area contributed by atoms with Crippen molar-refractivity contribution in [2.45, 2.75) is 37.6 Å². The van der Waals surface area contributed by atoms with E-state index in [9.17, 15) is 13.2 Å². The molecule has 2 N–H and O–H groups in total. The van der Waals surface area contributed by atoms with Crippen LogP contribution in [-0.2, 0) is 29.4 Å². The smallest absolute Gasteiger partial charge is 0.255 e. The molecule has 1 aliphatic carbocycles. The minimum Gasteiger partial charge on any atom is -0.322 e. The number of fused-ring (bicyclic) bond motifs is 1. The van der Waals surface area contributed by atoms with Crippen LogP contribution in [0.15, 0.2) is 77.7 Å². The molecule has 1 amide bonds. The summed E-state index contributed by atoms with van der Waals surface area (Å²) in [6.07, 6.45) is 3.33. The highest BCUT2D eigenvalue weighted by atomic mass is 32.2.